The number of carbonyl (C=O) groups excluding carboxylic acids is 1. The van der Waals surface area contributed by atoms with Gasteiger partial charge in [-0.05, 0) is 49.7 Å². The topological polar surface area (TPSA) is 81.9 Å². The first-order valence-corrected chi connectivity index (χ1v) is 10.2. The number of para-hydroxylation sites is 1. The van der Waals surface area contributed by atoms with Gasteiger partial charge in [0.15, 0.2) is 6.10 Å². The number of aryl methyl sites for hydroxylation is 1. The number of anilines is 1. The van der Waals surface area contributed by atoms with Crippen LogP contribution in [0.25, 0.3) is 5.65 Å². The summed E-state index contributed by atoms with van der Waals surface area (Å²) in [4.78, 5) is 29.3. The molecule has 0 saturated heterocycles. The van der Waals surface area contributed by atoms with Crippen molar-refractivity contribution in [1.29, 1.82) is 0 Å². The summed E-state index contributed by atoms with van der Waals surface area (Å²) in [5, 5.41) is 2.83. The number of ether oxygens (including phenoxy) is 2. The second kappa shape index (κ2) is 9.34. The molecule has 0 bridgehead atoms. The number of benzene rings is 2. The van der Waals surface area contributed by atoms with Crippen LogP contribution < -0.4 is 20.3 Å². The van der Waals surface area contributed by atoms with Crippen molar-refractivity contribution in [2.24, 2.45) is 0 Å². The summed E-state index contributed by atoms with van der Waals surface area (Å²) in [5.41, 5.74) is 2.49. The predicted molar refractivity (Wildman–Crippen MR) is 122 cm³/mol. The van der Waals surface area contributed by atoms with Gasteiger partial charge in [-0.3, -0.25) is 14.0 Å². The second-order valence-corrected chi connectivity index (χ2v) is 7.40. The molecule has 0 unspecified atom stereocenters. The molecule has 2 aromatic carbocycles. The third-order valence-corrected chi connectivity index (χ3v) is 4.77. The first kappa shape index (κ1) is 21.1. The van der Waals surface area contributed by atoms with Crippen molar-refractivity contribution in [3.8, 4) is 11.5 Å². The van der Waals surface area contributed by atoms with Gasteiger partial charge < -0.3 is 14.8 Å². The van der Waals surface area contributed by atoms with Gasteiger partial charge in [-0.1, -0.05) is 30.3 Å². The third-order valence-electron chi connectivity index (χ3n) is 4.77. The Bertz CT molecular complexity index is 1300. The van der Waals surface area contributed by atoms with Crippen molar-refractivity contribution < 1.29 is 14.3 Å². The van der Waals surface area contributed by atoms with E-state index in [0.717, 1.165) is 5.56 Å². The number of hydrogen-bond donors (Lipinski definition) is 1. The highest BCUT2D eigenvalue weighted by atomic mass is 16.5. The Labute approximate surface area is 185 Å². The molecule has 4 rings (SSSR count). The summed E-state index contributed by atoms with van der Waals surface area (Å²) >= 11 is 0. The standard InChI is InChI=1S/C25H23N3O4/c1-17-11-12-23-26-20(14-24(29)28(23)15-17)16-31-22-10-6-7-19(13-22)27-25(30)18(2)32-21-8-4-3-5-9-21/h3-15,18H,16H2,1-2H3,(H,27,30)/t18-/m0/s1. The number of nitrogens with one attached hydrogen (secondary N) is 1. The number of fused-ring (bicyclic) bond motifs is 1. The Kier molecular flexibility index (Phi) is 6.17. The first-order valence-electron chi connectivity index (χ1n) is 10.2. The normalized spacial score (nSPS) is 11.7. The van der Waals surface area contributed by atoms with Crippen LogP contribution in [-0.2, 0) is 11.4 Å². The lowest BCUT2D eigenvalue weighted by atomic mass is 10.2. The van der Waals surface area contributed by atoms with Gasteiger partial charge in [-0.25, -0.2) is 4.98 Å². The highest BCUT2D eigenvalue weighted by Crippen LogP contribution is 2.19. The van der Waals surface area contributed by atoms with E-state index in [0.29, 0.717) is 28.5 Å². The van der Waals surface area contributed by atoms with E-state index in [9.17, 15) is 9.59 Å². The van der Waals surface area contributed by atoms with E-state index in [-0.39, 0.29) is 18.1 Å². The predicted octanol–water partition coefficient (Wildman–Crippen LogP) is 3.99. The average molecular weight is 429 g/mol. The van der Waals surface area contributed by atoms with Gasteiger partial charge in [0.05, 0.1) is 5.69 Å². The number of amides is 1. The molecule has 0 radical (unpaired) electrons. The number of carbonyl (C=O) groups is 1. The average Bonchev–Trinajstić information content (AvgIpc) is 2.79. The van der Waals surface area contributed by atoms with Crippen LogP contribution in [0.4, 0.5) is 5.69 Å². The molecule has 0 spiro atoms. The summed E-state index contributed by atoms with van der Waals surface area (Å²) in [7, 11) is 0. The fourth-order valence-electron chi connectivity index (χ4n) is 3.15. The Morgan fingerprint density at radius 3 is 2.62 bits per heavy atom. The maximum absolute atomic E-state index is 12.5. The second-order valence-electron chi connectivity index (χ2n) is 7.40. The van der Waals surface area contributed by atoms with E-state index in [1.54, 1.807) is 55.6 Å². The molecule has 32 heavy (non-hydrogen) atoms. The molecular weight excluding hydrogens is 406 g/mol. The fourth-order valence-corrected chi connectivity index (χ4v) is 3.15. The van der Waals surface area contributed by atoms with E-state index in [1.165, 1.54) is 10.5 Å². The van der Waals surface area contributed by atoms with Crippen LogP contribution in [0, 0.1) is 6.92 Å². The number of hydrogen-bond acceptors (Lipinski definition) is 5. The molecule has 0 aliphatic carbocycles. The fraction of sp³-hybridized carbons (Fsp3) is 0.160. The van der Waals surface area contributed by atoms with E-state index < -0.39 is 6.10 Å². The number of rotatable bonds is 7. The van der Waals surface area contributed by atoms with Gasteiger partial charge in [0.2, 0.25) is 0 Å². The molecule has 162 valence electrons. The number of pyridine rings is 1. The Balaban J connectivity index is 1.40. The van der Waals surface area contributed by atoms with Crippen molar-refractivity contribution in [3.63, 3.8) is 0 Å². The van der Waals surface area contributed by atoms with Gasteiger partial charge >= 0.3 is 0 Å². The van der Waals surface area contributed by atoms with Crippen molar-refractivity contribution >= 4 is 17.2 Å². The molecule has 0 saturated carbocycles. The summed E-state index contributed by atoms with van der Waals surface area (Å²) < 4.78 is 13.0. The molecule has 1 N–H and O–H groups in total. The van der Waals surface area contributed by atoms with Crippen molar-refractivity contribution in [1.82, 2.24) is 9.38 Å². The smallest absolute Gasteiger partial charge is 0.265 e. The number of nitrogens with zero attached hydrogens (tertiary/aromatic N) is 2. The molecule has 2 aromatic heterocycles. The van der Waals surface area contributed by atoms with Gasteiger partial charge in [0, 0.05) is 24.0 Å². The minimum absolute atomic E-state index is 0.130. The maximum Gasteiger partial charge on any atom is 0.265 e. The maximum atomic E-state index is 12.5. The molecule has 0 aliphatic heterocycles. The molecule has 7 nitrogen and oxygen atoms in total. The zero-order valence-corrected chi connectivity index (χ0v) is 17.8. The Morgan fingerprint density at radius 2 is 1.81 bits per heavy atom. The van der Waals surface area contributed by atoms with Crippen molar-refractivity contribution in [2.45, 2.75) is 26.6 Å². The van der Waals surface area contributed by atoms with Gasteiger partial charge in [-0.2, -0.15) is 0 Å². The highest BCUT2D eigenvalue weighted by molar-refractivity contribution is 5.94. The van der Waals surface area contributed by atoms with E-state index in [4.69, 9.17) is 9.47 Å². The van der Waals surface area contributed by atoms with E-state index in [1.807, 2.05) is 31.2 Å². The zero-order valence-electron chi connectivity index (χ0n) is 17.8. The molecule has 0 fully saturated rings. The minimum atomic E-state index is -0.666. The lowest BCUT2D eigenvalue weighted by Gasteiger charge is -2.15. The van der Waals surface area contributed by atoms with Crippen LogP contribution in [-0.4, -0.2) is 21.4 Å². The van der Waals surface area contributed by atoms with E-state index >= 15 is 0 Å². The summed E-state index contributed by atoms with van der Waals surface area (Å²) in [5.74, 6) is 0.900. The van der Waals surface area contributed by atoms with Gasteiger partial charge in [0.25, 0.3) is 11.5 Å². The molecule has 2 heterocycles. The monoisotopic (exact) mass is 429 g/mol. The van der Waals surface area contributed by atoms with Crippen LogP contribution in [0.5, 0.6) is 11.5 Å². The summed E-state index contributed by atoms with van der Waals surface area (Å²) in [6.07, 6.45) is 1.09. The summed E-state index contributed by atoms with van der Waals surface area (Å²) in [6.45, 7) is 3.74. The molecule has 1 amide bonds. The first-order chi connectivity index (χ1) is 15.5. The van der Waals surface area contributed by atoms with Crippen LogP contribution >= 0.6 is 0 Å². The lowest BCUT2D eigenvalue weighted by molar-refractivity contribution is -0.122. The summed E-state index contributed by atoms with van der Waals surface area (Å²) in [6, 6.07) is 21.4. The van der Waals surface area contributed by atoms with Crippen molar-refractivity contribution in [2.75, 3.05) is 5.32 Å². The Hall–Kier alpha value is -4.13. The SMILES string of the molecule is Cc1ccc2nc(COc3cccc(NC(=O)[C@H](C)Oc4ccccc4)c3)cc(=O)n2c1. The highest BCUT2D eigenvalue weighted by Gasteiger charge is 2.15. The van der Waals surface area contributed by atoms with Crippen LogP contribution in [0.3, 0.4) is 0 Å². The lowest BCUT2D eigenvalue weighted by Crippen LogP contribution is -2.30. The van der Waals surface area contributed by atoms with Crippen molar-refractivity contribution in [3.05, 3.63) is 101 Å². The number of aromatic nitrogens is 2. The van der Waals surface area contributed by atoms with E-state index in [2.05, 4.69) is 10.3 Å². The molecular formula is C25H23N3O4. The van der Waals surface area contributed by atoms with Crippen LogP contribution in [0.2, 0.25) is 0 Å². The van der Waals surface area contributed by atoms with Crippen LogP contribution in [0.1, 0.15) is 18.2 Å². The minimum Gasteiger partial charge on any atom is -0.487 e. The Morgan fingerprint density at radius 1 is 1.03 bits per heavy atom. The molecule has 0 aliphatic rings. The largest absolute Gasteiger partial charge is 0.487 e. The zero-order chi connectivity index (χ0) is 22.5. The van der Waals surface area contributed by atoms with Crippen LogP contribution in [0.15, 0.2) is 83.8 Å². The molecule has 7 heteroatoms. The molecule has 1 atom stereocenters. The van der Waals surface area contributed by atoms with Gasteiger partial charge in [0.1, 0.15) is 23.8 Å². The third kappa shape index (κ3) is 5.13. The molecule has 4 aromatic rings. The van der Waals surface area contributed by atoms with Gasteiger partial charge in [-0.15, -0.1) is 0 Å². The quantitative estimate of drug-likeness (QED) is 0.480.